The van der Waals surface area contributed by atoms with Crippen molar-refractivity contribution in [2.45, 2.75) is 19.9 Å². The van der Waals surface area contributed by atoms with E-state index in [9.17, 15) is 9.59 Å². The average Bonchev–Trinajstić information content (AvgIpc) is 3.53. The zero-order chi connectivity index (χ0) is 29.3. The lowest BCUT2D eigenvalue weighted by atomic mass is 10.0. The molecule has 0 aliphatic carbocycles. The second-order valence-corrected chi connectivity index (χ2v) is 13.2. The van der Waals surface area contributed by atoms with Crippen molar-refractivity contribution < 1.29 is 18.7 Å². The Balaban J connectivity index is 1.65. The van der Waals surface area contributed by atoms with E-state index in [1.807, 2.05) is 48.5 Å². The molecule has 0 unspecified atom stereocenters. The van der Waals surface area contributed by atoms with Gasteiger partial charge in [0, 0.05) is 10.0 Å². The number of thiazole rings is 1. The summed E-state index contributed by atoms with van der Waals surface area (Å²) in [6.07, 6.45) is 3.53. The van der Waals surface area contributed by atoms with Gasteiger partial charge in [-0.3, -0.25) is 9.36 Å². The van der Waals surface area contributed by atoms with Crippen LogP contribution in [0.15, 0.2) is 91.1 Å². The summed E-state index contributed by atoms with van der Waals surface area (Å²) in [6, 6.07) is 14.4. The Labute approximate surface area is 275 Å². The molecular formula is C30H23BrI2N2O5S. The molecule has 2 aromatic heterocycles. The molecule has 1 aliphatic rings. The Morgan fingerprint density at radius 1 is 1.20 bits per heavy atom. The fourth-order valence-corrected chi connectivity index (χ4v) is 7.86. The average molecular weight is 857 g/mol. The van der Waals surface area contributed by atoms with Crippen LogP contribution in [0.2, 0.25) is 0 Å². The van der Waals surface area contributed by atoms with Gasteiger partial charge >= 0.3 is 5.97 Å². The number of carbonyl (C=O) groups excluding carboxylic acids is 1. The molecular weight excluding hydrogens is 834 g/mol. The molecule has 0 radical (unpaired) electrons. The molecule has 5 rings (SSSR count). The van der Waals surface area contributed by atoms with Gasteiger partial charge in [-0.1, -0.05) is 52.1 Å². The number of furan rings is 1. The van der Waals surface area contributed by atoms with E-state index in [0.29, 0.717) is 33.2 Å². The number of esters is 1. The van der Waals surface area contributed by atoms with E-state index < -0.39 is 12.0 Å². The molecule has 0 amide bonds. The molecule has 4 aromatic rings. The third-order valence-electron chi connectivity index (χ3n) is 6.21. The summed E-state index contributed by atoms with van der Waals surface area (Å²) < 4.78 is 22.3. The number of allylic oxidation sites excluding steroid dienone is 1. The highest BCUT2D eigenvalue weighted by molar-refractivity contribution is 14.1. The minimum Gasteiger partial charge on any atom is -0.487 e. The van der Waals surface area contributed by atoms with Crippen molar-refractivity contribution in [1.82, 2.24) is 4.57 Å². The Hall–Kier alpha value is -2.49. The Bertz CT molecular complexity index is 1850. The summed E-state index contributed by atoms with van der Waals surface area (Å²) in [4.78, 5) is 32.3. The molecule has 7 nitrogen and oxygen atoms in total. The minimum atomic E-state index is -0.827. The number of hydrogen-bond acceptors (Lipinski definition) is 7. The smallest absolute Gasteiger partial charge is 0.338 e. The molecule has 1 atom stereocenters. The van der Waals surface area contributed by atoms with Crippen molar-refractivity contribution in [2.75, 3.05) is 13.2 Å². The van der Waals surface area contributed by atoms with Crippen molar-refractivity contribution in [2.24, 2.45) is 4.99 Å². The van der Waals surface area contributed by atoms with E-state index in [0.717, 1.165) is 28.5 Å². The third kappa shape index (κ3) is 6.18. The maximum absolute atomic E-state index is 13.9. The van der Waals surface area contributed by atoms with E-state index >= 15 is 0 Å². The van der Waals surface area contributed by atoms with Crippen molar-refractivity contribution in [3.63, 3.8) is 0 Å². The lowest BCUT2D eigenvalue weighted by Gasteiger charge is -2.22. The van der Waals surface area contributed by atoms with E-state index in [-0.39, 0.29) is 17.7 Å². The van der Waals surface area contributed by atoms with Gasteiger partial charge in [0.1, 0.15) is 29.9 Å². The molecule has 3 heterocycles. The van der Waals surface area contributed by atoms with Gasteiger partial charge in [0.2, 0.25) is 0 Å². The van der Waals surface area contributed by atoms with Gasteiger partial charge in [-0.15, -0.1) is 0 Å². The van der Waals surface area contributed by atoms with Crippen LogP contribution in [0.4, 0.5) is 0 Å². The normalized spacial score (nSPS) is 15.0. The molecule has 11 heteroatoms. The number of aromatic nitrogens is 1. The van der Waals surface area contributed by atoms with Crippen molar-refractivity contribution >= 4 is 84.5 Å². The number of fused-ring (bicyclic) bond motifs is 1. The second-order valence-electron chi connectivity index (χ2n) is 8.92. The first kappa shape index (κ1) is 30.0. The zero-order valence-electron chi connectivity index (χ0n) is 21.9. The lowest BCUT2D eigenvalue weighted by molar-refractivity contribution is -0.139. The van der Waals surface area contributed by atoms with E-state index in [1.54, 1.807) is 26.0 Å². The number of halogens is 3. The van der Waals surface area contributed by atoms with Crippen LogP contribution in [0.1, 0.15) is 31.2 Å². The van der Waals surface area contributed by atoms with E-state index in [1.165, 1.54) is 15.9 Å². The summed E-state index contributed by atoms with van der Waals surface area (Å²) >= 11 is 9.17. The van der Waals surface area contributed by atoms with E-state index in [2.05, 4.69) is 72.7 Å². The monoisotopic (exact) mass is 856 g/mol. The number of hydrogen-bond donors (Lipinski definition) is 0. The van der Waals surface area contributed by atoms with Gasteiger partial charge in [-0.25, -0.2) is 9.79 Å². The summed E-state index contributed by atoms with van der Waals surface area (Å²) in [5, 5.41) is 0. The SMILES string of the molecule is C=CCOc1c(I)cc(/C=c2\sc3n(c2=O)[C@H](c2ccc(-c4ccc(Br)cc4)o2)C(C(=O)OCC)=C(C)N=3)cc1I. The first-order chi connectivity index (χ1) is 19.7. The Morgan fingerprint density at radius 3 is 2.56 bits per heavy atom. The topological polar surface area (TPSA) is 83.0 Å². The van der Waals surface area contributed by atoms with Crippen LogP contribution in [-0.4, -0.2) is 23.8 Å². The third-order valence-corrected chi connectivity index (χ3v) is 9.32. The highest BCUT2D eigenvalue weighted by atomic mass is 127. The predicted octanol–water partition coefficient (Wildman–Crippen LogP) is 6.59. The van der Waals surface area contributed by atoms with E-state index in [4.69, 9.17) is 13.9 Å². The molecule has 0 fully saturated rings. The maximum atomic E-state index is 13.9. The molecule has 2 aromatic carbocycles. The zero-order valence-corrected chi connectivity index (χ0v) is 28.7. The number of benzene rings is 2. The minimum absolute atomic E-state index is 0.193. The fraction of sp³-hybridized carbons (Fsp3) is 0.167. The fourth-order valence-electron chi connectivity index (χ4n) is 4.42. The molecule has 0 N–H and O–H groups in total. The highest BCUT2D eigenvalue weighted by Crippen LogP contribution is 2.34. The van der Waals surface area contributed by atoms with Crippen LogP contribution in [0.3, 0.4) is 0 Å². The summed E-state index contributed by atoms with van der Waals surface area (Å²) in [6.45, 7) is 7.80. The molecule has 210 valence electrons. The second kappa shape index (κ2) is 12.8. The molecule has 1 aliphatic heterocycles. The number of carbonyl (C=O) groups is 1. The first-order valence-electron chi connectivity index (χ1n) is 12.5. The number of rotatable bonds is 8. The van der Waals surface area contributed by atoms with Gasteiger partial charge in [0.25, 0.3) is 5.56 Å². The highest BCUT2D eigenvalue weighted by Gasteiger charge is 2.35. The van der Waals surface area contributed by atoms with Gasteiger partial charge < -0.3 is 13.9 Å². The first-order valence-corrected chi connectivity index (χ1v) is 16.3. The summed E-state index contributed by atoms with van der Waals surface area (Å²) in [5.74, 6) is 1.31. The van der Waals surface area contributed by atoms with Crippen LogP contribution in [0.25, 0.3) is 17.4 Å². The van der Waals surface area contributed by atoms with Crippen LogP contribution in [0.5, 0.6) is 5.75 Å². The summed E-state index contributed by atoms with van der Waals surface area (Å²) in [7, 11) is 0. The van der Waals surface area contributed by atoms with Gasteiger partial charge in [-0.05, 0) is 107 Å². The largest absolute Gasteiger partial charge is 0.487 e. The van der Waals surface area contributed by atoms with Gasteiger partial charge in [-0.2, -0.15) is 0 Å². The Kier molecular flexibility index (Phi) is 9.36. The quantitative estimate of drug-likeness (QED) is 0.114. The lowest BCUT2D eigenvalue weighted by Crippen LogP contribution is -2.39. The van der Waals surface area contributed by atoms with Crippen LogP contribution < -0.4 is 19.6 Å². The van der Waals surface area contributed by atoms with Crippen LogP contribution in [0, 0.1) is 7.14 Å². The predicted molar refractivity (Wildman–Crippen MR) is 180 cm³/mol. The number of ether oxygens (including phenoxy) is 2. The maximum Gasteiger partial charge on any atom is 0.338 e. The standard InChI is InChI=1S/C30H23BrI2N2O5S/c1-4-12-39-27-20(32)13-17(14-21(27)33)15-24-28(36)35-26(25(29(37)38-5-2)16(3)34-30(35)41-24)23-11-10-22(40-23)18-6-8-19(31)9-7-18/h4,6-11,13-15,26H,1,5,12H2,2-3H3/b24-15-/t26-/m1/s1. The molecule has 41 heavy (non-hydrogen) atoms. The van der Waals surface area contributed by atoms with Crippen molar-refractivity contribution in [1.29, 1.82) is 0 Å². The molecule has 0 saturated carbocycles. The van der Waals surface area contributed by atoms with Gasteiger partial charge in [0.05, 0.1) is 29.5 Å². The molecule has 0 spiro atoms. The Morgan fingerprint density at radius 2 is 1.90 bits per heavy atom. The molecule has 0 bridgehead atoms. The van der Waals surface area contributed by atoms with Crippen molar-refractivity contribution in [3.05, 3.63) is 115 Å². The molecule has 0 saturated heterocycles. The van der Waals surface area contributed by atoms with Crippen molar-refractivity contribution in [3.8, 4) is 17.1 Å². The van der Waals surface area contributed by atoms with Crippen LogP contribution in [-0.2, 0) is 9.53 Å². The number of nitrogens with zero attached hydrogens (tertiary/aromatic N) is 2. The summed E-state index contributed by atoms with van der Waals surface area (Å²) in [5.41, 5.74) is 2.20. The van der Waals surface area contributed by atoms with Gasteiger partial charge in [0.15, 0.2) is 4.80 Å². The van der Waals surface area contributed by atoms with Crippen LogP contribution >= 0.6 is 72.4 Å².